The number of rotatable bonds is 4. The van der Waals surface area contributed by atoms with Gasteiger partial charge < -0.3 is 20.2 Å². The fraction of sp³-hybridized carbons (Fsp3) is 0.250. The standard InChI is InChI=1S/C23H18FN5.C5H11N/c1-27-20-6-5-15(9-17(20)12-26)23-22(14-3-4-16(11-25)19(24)10-14)18-7-8-29(2)21(18)13-28-23;1-6-4-2-3-5-6/h3-10,12-13,26-27H,1-2H3;2-5H2,1H3. The van der Waals surface area contributed by atoms with Gasteiger partial charge in [0.2, 0.25) is 0 Å². The molecule has 5 rings (SSSR count). The first-order chi connectivity index (χ1) is 17.0. The van der Waals surface area contributed by atoms with Crippen LogP contribution in [0.4, 0.5) is 10.1 Å². The zero-order chi connectivity index (χ0) is 24.9. The Morgan fingerprint density at radius 1 is 1.09 bits per heavy atom. The van der Waals surface area contributed by atoms with Crippen LogP contribution in [0.15, 0.2) is 54.9 Å². The van der Waals surface area contributed by atoms with Gasteiger partial charge in [-0.05, 0) is 68.9 Å². The van der Waals surface area contributed by atoms with Gasteiger partial charge in [-0.1, -0.05) is 12.1 Å². The predicted molar refractivity (Wildman–Crippen MR) is 140 cm³/mol. The topological polar surface area (TPSA) is 80.7 Å². The number of halogens is 1. The van der Waals surface area contributed by atoms with Crippen molar-refractivity contribution in [1.29, 1.82) is 10.7 Å². The molecule has 2 aromatic heterocycles. The van der Waals surface area contributed by atoms with Crippen molar-refractivity contribution in [3.63, 3.8) is 0 Å². The monoisotopic (exact) mass is 468 g/mol. The van der Waals surface area contributed by atoms with E-state index in [0.717, 1.165) is 33.3 Å². The van der Waals surface area contributed by atoms with Gasteiger partial charge in [-0.15, -0.1) is 0 Å². The molecule has 0 atom stereocenters. The third-order valence-corrected chi connectivity index (χ3v) is 6.40. The number of pyridine rings is 1. The van der Waals surface area contributed by atoms with Crippen molar-refractivity contribution in [1.82, 2.24) is 14.5 Å². The average Bonchev–Trinajstić information content (AvgIpc) is 3.51. The number of fused-ring (bicyclic) bond motifs is 1. The highest BCUT2D eigenvalue weighted by atomic mass is 19.1. The van der Waals surface area contributed by atoms with E-state index in [2.05, 4.69) is 22.2 Å². The van der Waals surface area contributed by atoms with Gasteiger partial charge in [-0.25, -0.2) is 4.39 Å². The molecule has 0 unspecified atom stereocenters. The van der Waals surface area contributed by atoms with Crippen molar-refractivity contribution >= 4 is 22.8 Å². The number of anilines is 1. The van der Waals surface area contributed by atoms with Gasteiger partial charge in [0.15, 0.2) is 0 Å². The zero-order valence-electron chi connectivity index (χ0n) is 20.3. The molecule has 0 bridgehead atoms. The van der Waals surface area contributed by atoms with Crippen molar-refractivity contribution in [2.75, 3.05) is 32.5 Å². The molecule has 7 heteroatoms. The number of nitrogens with zero attached hydrogens (tertiary/aromatic N) is 4. The lowest BCUT2D eigenvalue weighted by molar-refractivity contribution is 0.418. The van der Waals surface area contributed by atoms with E-state index in [1.54, 1.807) is 19.3 Å². The Morgan fingerprint density at radius 2 is 1.83 bits per heavy atom. The van der Waals surface area contributed by atoms with E-state index in [0.29, 0.717) is 11.3 Å². The first-order valence-corrected chi connectivity index (χ1v) is 11.6. The lowest BCUT2D eigenvalue weighted by Gasteiger charge is -2.14. The molecule has 3 heterocycles. The van der Waals surface area contributed by atoms with Crippen LogP contribution in [-0.4, -0.2) is 47.9 Å². The Bertz CT molecular complexity index is 1410. The lowest BCUT2D eigenvalue weighted by atomic mass is 9.94. The maximum atomic E-state index is 14.4. The fourth-order valence-electron chi connectivity index (χ4n) is 4.44. The molecule has 2 N–H and O–H groups in total. The molecule has 35 heavy (non-hydrogen) atoms. The molecular weight excluding hydrogens is 439 g/mol. The average molecular weight is 469 g/mol. The van der Waals surface area contributed by atoms with Crippen LogP contribution in [0.25, 0.3) is 33.3 Å². The largest absolute Gasteiger partial charge is 0.388 e. The highest BCUT2D eigenvalue weighted by molar-refractivity contribution is 6.02. The molecule has 6 nitrogen and oxygen atoms in total. The van der Waals surface area contributed by atoms with Crippen LogP contribution >= 0.6 is 0 Å². The van der Waals surface area contributed by atoms with Crippen LogP contribution in [0.5, 0.6) is 0 Å². The maximum absolute atomic E-state index is 14.4. The summed E-state index contributed by atoms with van der Waals surface area (Å²) in [7, 11) is 5.91. The van der Waals surface area contributed by atoms with Gasteiger partial charge in [0.05, 0.1) is 23.0 Å². The summed E-state index contributed by atoms with van der Waals surface area (Å²) in [5, 5.41) is 20.8. The molecule has 0 amide bonds. The second-order valence-electron chi connectivity index (χ2n) is 8.72. The van der Waals surface area contributed by atoms with Crippen LogP contribution < -0.4 is 5.32 Å². The van der Waals surface area contributed by atoms with Crippen LogP contribution in [-0.2, 0) is 7.05 Å². The summed E-state index contributed by atoms with van der Waals surface area (Å²) in [4.78, 5) is 7.05. The summed E-state index contributed by atoms with van der Waals surface area (Å²) in [5.41, 5.74) is 5.47. The molecule has 178 valence electrons. The van der Waals surface area contributed by atoms with Gasteiger partial charge in [-0.3, -0.25) is 4.98 Å². The maximum Gasteiger partial charge on any atom is 0.141 e. The third kappa shape index (κ3) is 4.93. The Balaban J connectivity index is 0.000000421. The normalized spacial score (nSPS) is 13.2. The minimum absolute atomic E-state index is 0.00737. The van der Waals surface area contributed by atoms with Gasteiger partial charge in [0.1, 0.15) is 11.9 Å². The van der Waals surface area contributed by atoms with E-state index in [1.165, 1.54) is 44.3 Å². The molecule has 0 spiro atoms. The first-order valence-electron chi connectivity index (χ1n) is 11.6. The van der Waals surface area contributed by atoms with Crippen molar-refractivity contribution in [2.45, 2.75) is 12.8 Å². The molecule has 4 aromatic rings. The van der Waals surface area contributed by atoms with E-state index in [4.69, 9.17) is 10.7 Å². The summed E-state index contributed by atoms with van der Waals surface area (Å²) in [6.07, 6.45) is 7.85. The molecule has 0 radical (unpaired) electrons. The number of benzene rings is 2. The van der Waals surface area contributed by atoms with Gasteiger partial charge >= 0.3 is 0 Å². The number of aromatic nitrogens is 2. The van der Waals surface area contributed by atoms with E-state index in [9.17, 15) is 4.39 Å². The highest BCUT2D eigenvalue weighted by Crippen LogP contribution is 2.38. The number of nitrogens with one attached hydrogen (secondary N) is 2. The summed E-state index contributed by atoms with van der Waals surface area (Å²) >= 11 is 0. The smallest absolute Gasteiger partial charge is 0.141 e. The summed E-state index contributed by atoms with van der Waals surface area (Å²) in [6, 6.07) is 14.2. The van der Waals surface area contributed by atoms with Crippen LogP contribution in [0.3, 0.4) is 0 Å². The molecule has 1 aliphatic heterocycles. The van der Waals surface area contributed by atoms with E-state index < -0.39 is 5.82 Å². The molecule has 2 aromatic carbocycles. The predicted octanol–water partition coefficient (Wildman–Crippen LogP) is 5.67. The van der Waals surface area contributed by atoms with Crippen LogP contribution in [0.2, 0.25) is 0 Å². The lowest BCUT2D eigenvalue weighted by Crippen LogP contribution is -2.10. The van der Waals surface area contributed by atoms with E-state index in [1.807, 2.05) is 48.1 Å². The Kier molecular flexibility index (Phi) is 7.23. The number of hydrogen-bond acceptors (Lipinski definition) is 5. The van der Waals surface area contributed by atoms with Gasteiger partial charge in [0.25, 0.3) is 0 Å². The van der Waals surface area contributed by atoms with Crippen LogP contribution in [0, 0.1) is 22.6 Å². The highest BCUT2D eigenvalue weighted by Gasteiger charge is 2.17. The summed E-state index contributed by atoms with van der Waals surface area (Å²) in [5.74, 6) is -0.561. The van der Waals surface area contributed by atoms with Crippen molar-refractivity contribution in [2.24, 2.45) is 7.05 Å². The van der Waals surface area contributed by atoms with E-state index >= 15 is 0 Å². The number of aryl methyl sites for hydroxylation is 1. The first kappa shape index (κ1) is 24.1. The third-order valence-electron chi connectivity index (χ3n) is 6.40. The Hall–Kier alpha value is -4.02. The minimum atomic E-state index is -0.561. The molecule has 0 aliphatic carbocycles. The SMILES string of the molecule is CN1CCCC1.CNc1ccc(-c2ncc3c(ccn3C)c2-c2ccc(C#N)c(F)c2)cc1C=N. The van der Waals surface area contributed by atoms with E-state index in [-0.39, 0.29) is 5.56 Å². The second-order valence-corrected chi connectivity index (χ2v) is 8.72. The number of likely N-dealkylation sites (tertiary alicyclic amines) is 1. The number of hydrogen-bond donors (Lipinski definition) is 2. The van der Waals surface area contributed by atoms with Crippen molar-refractivity contribution in [3.8, 4) is 28.5 Å². The molecular formula is C28H29FN6. The fourth-order valence-corrected chi connectivity index (χ4v) is 4.44. The Morgan fingerprint density at radius 3 is 2.43 bits per heavy atom. The molecule has 1 aliphatic rings. The summed E-state index contributed by atoms with van der Waals surface area (Å²) < 4.78 is 16.4. The van der Waals surface area contributed by atoms with Crippen molar-refractivity contribution in [3.05, 3.63) is 71.8 Å². The van der Waals surface area contributed by atoms with Crippen LogP contribution in [0.1, 0.15) is 24.0 Å². The van der Waals surface area contributed by atoms with Gasteiger partial charge in [-0.2, -0.15) is 5.26 Å². The summed E-state index contributed by atoms with van der Waals surface area (Å²) in [6.45, 7) is 2.64. The second kappa shape index (κ2) is 10.5. The zero-order valence-corrected chi connectivity index (χ0v) is 20.3. The van der Waals surface area contributed by atoms with Gasteiger partial charge in [0, 0.05) is 54.3 Å². The Labute approximate surface area is 205 Å². The molecule has 1 fully saturated rings. The molecule has 1 saturated heterocycles. The quantitative estimate of drug-likeness (QED) is 0.378. The minimum Gasteiger partial charge on any atom is -0.388 e. The number of nitriles is 1. The molecule has 0 saturated carbocycles. The van der Waals surface area contributed by atoms with Crippen molar-refractivity contribution < 1.29 is 4.39 Å².